The van der Waals surface area contributed by atoms with Gasteiger partial charge < -0.3 is 10.6 Å². The van der Waals surface area contributed by atoms with Gasteiger partial charge in [-0.25, -0.2) is 0 Å². The van der Waals surface area contributed by atoms with Crippen LogP contribution in [0.15, 0.2) is 24.3 Å². The number of benzene rings is 1. The van der Waals surface area contributed by atoms with E-state index in [1.165, 1.54) is 30.5 Å². The molecule has 2 N–H and O–H groups in total. The molecule has 0 aromatic heterocycles. The van der Waals surface area contributed by atoms with E-state index in [1.54, 1.807) is 0 Å². The minimum atomic E-state index is 0.0433. The molecule has 0 bridgehead atoms. The lowest BCUT2D eigenvalue weighted by Gasteiger charge is -2.33. The van der Waals surface area contributed by atoms with Crippen molar-refractivity contribution in [2.24, 2.45) is 5.92 Å². The third-order valence-electron chi connectivity index (χ3n) is 5.38. The molecule has 1 aromatic carbocycles. The van der Waals surface area contributed by atoms with Crippen molar-refractivity contribution in [2.45, 2.75) is 51.6 Å². The van der Waals surface area contributed by atoms with Gasteiger partial charge in [0.15, 0.2) is 0 Å². The van der Waals surface area contributed by atoms with Gasteiger partial charge in [0.1, 0.15) is 0 Å². The molecule has 3 rings (SSSR count). The van der Waals surface area contributed by atoms with E-state index in [9.17, 15) is 4.79 Å². The highest BCUT2D eigenvalue weighted by molar-refractivity contribution is 5.81. The number of likely N-dealkylation sites (tertiary alicyclic amines) is 1. The summed E-state index contributed by atoms with van der Waals surface area (Å²) in [4.78, 5) is 14.7. The van der Waals surface area contributed by atoms with Gasteiger partial charge in [-0.2, -0.15) is 0 Å². The molecule has 2 aliphatic heterocycles. The van der Waals surface area contributed by atoms with Crippen LogP contribution in [0.2, 0.25) is 0 Å². The number of nitrogens with zero attached hydrogens (tertiary/aromatic N) is 1. The van der Waals surface area contributed by atoms with Crippen molar-refractivity contribution >= 4 is 5.91 Å². The number of nitrogens with one attached hydrogen (secondary N) is 2. The molecule has 1 aromatic rings. The largest absolute Gasteiger partial charge is 0.354 e. The molecule has 0 aliphatic carbocycles. The minimum Gasteiger partial charge on any atom is -0.354 e. The Morgan fingerprint density at radius 2 is 2.00 bits per heavy atom. The van der Waals surface area contributed by atoms with E-state index in [1.807, 2.05) is 0 Å². The van der Waals surface area contributed by atoms with Crippen molar-refractivity contribution in [1.29, 1.82) is 0 Å². The van der Waals surface area contributed by atoms with E-state index >= 15 is 0 Å². The van der Waals surface area contributed by atoms with Gasteiger partial charge in [-0.15, -0.1) is 0 Å². The Balaban J connectivity index is 1.44. The first-order valence-electron chi connectivity index (χ1n) is 9.56. The maximum atomic E-state index is 12.1. The second-order valence-corrected chi connectivity index (χ2v) is 7.31. The monoisotopic (exact) mass is 329 g/mol. The van der Waals surface area contributed by atoms with Crippen molar-refractivity contribution in [3.63, 3.8) is 0 Å². The molecule has 4 heteroatoms. The van der Waals surface area contributed by atoms with Crippen LogP contribution in [-0.4, -0.2) is 43.0 Å². The van der Waals surface area contributed by atoms with E-state index < -0.39 is 0 Å². The van der Waals surface area contributed by atoms with Crippen LogP contribution in [0.5, 0.6) is 0 Å². The Hall–Kier alpha value is -1.39. The van der Waals surface area contributed by atoms with Gasteiger partial charge in [0, 0.05) is 19.6 Å². The Kier molecular flexibility index (Phi) is 6.27. The highest BCUT2D eigenvalue weighted by atomic mass is 16.2. The number of piperidine rings is 1. The van der Waals surface area contributed by atoms with E-state index in [0.717, 1.165) is 45.4 Å². The average molecular weight is 329 g/mol. The Bertz CT molecular complexity index is 522. The van der Waals surface area contributed by atoms with Gasteiger partial charge in [0.05, 0.1) is 6.04 Å². The van der Waals surface area contributed by atoms with Gasteiger partial charge in [-0.1, -0.05) is 31.2 Å². The lowest BCUT2D eigenvalue weighted by molar-refractivity contribution is -0.123. The van der Waals surface area contributed by atoms with Gasteiger partial charge >= 0.3 is 0 Å². The number of carbonyl (C=O) groups is 1. The molecule has 24 heavy (non-hydrogen) atoms. The van der Waals surface area contributed by atoms with Gasteiger partial charge in [-0.3, -0.25) is 9.69 Å². The molecule has 0 radical (unpaired) electrons. The Labute approximate surface area is 146 Å². The zero-order chi connectivity index (χ0) is 16.8. The van der Waals surface area contributed by atoms with E-state index in [2.05, 4.69) is 46.7 Å². The summed E-state index contributed by atoms with van der Waals surface area (Å²) in [6, 6.07) is 9.05. The van der Waals surface area contributed by atoms with Crippen LogP contribution in [0.25, 0.3) is 0 Å². The first-order valence-corrected chi connectivity index (χ1v) is 9.56. The fourth-order valence-electron chi connectivity index (χ4n) is 3.88. The fourth-order valence-corrected chi connectivity index (χ4v) is 3.88. The average Bonchev–Trinajstić information content (AvgIpc) is 3.15. The van der Waals surface area contributed by atoms with Crippen LogP contribution < -0.4 is 10.6 Å². The lowest BCUT2D eigenvalue weighted by Crippen LogP contribution is -2.45. The van der Waals surface area contributed by atoms with Crippen molar-refractivity contribution in [1.82, 2.24) is 15.5 Å². The number of amides is 1. The predicted molar refractivity (Wildman–Crippen MR) is 97.9 cm³/mol. The molecule has 2 atom stereocenters. The molecular formula is C20H31N3O. The summed E-state index contributed by atoms with van der Waals surface area (Å²) in [5.41, 5.74) is 2.80. The third-order valence-corrected chi connectivity index (χ3v) is 5.38. The molecule has 4 nitrogen and oxygen atoms in total. The topological polar surface area (TPSA) is 44.4 Å². The maximum Gasteiger partial charge on any atom is 0.237 e. The number of hydrogen-bond acceptors (Lipinski definition) is 3. The predicted octanol–water partition coefficient (Wildman–Crippen LogP) is 2.33. The minimum absolute atomic E-state index is 0.0433. The van der Waals surface area contributed by atoms with Crippen molar-refractivity contribution in [3.8, 4) is 0 Å². The zero-order valence-electron chi connectivity index (χ0n) is 14.9. The smallest absolute Gasteiger partial charge is 0.237 e. The van der Waals surface area contributed by atoms with Crippen LogP contribution >= 0.6 is 0 Å². The van der Waals surface area contributed by atoms with Crippen LogP contribution in [0, 0.1) is 5.92 Å². The molecule has 1 amide bonds. The standard InChI is InChI=1S/C20H31N3O/c1-2-16-7-9-17(10-8-16)14-23-12-4-5-18(15-23)13-22-20(24)19-6-3-11-21-19/h7-10,18-19,21H,2-6,11-15H2,1H3,(H,22,24). The fraction of sp³-hybridized carbons (Fsp3) is 0.650. The van der Waals surface area contributed by atoms with Crippen LogP contribution in [-0.2, 0) is 17.8 Å². The summed E-state index contributed by atoms with van der Waals surface area (Å²) in [5, 5.41) is 6.44. The number of carbonyl (C=O) groups excluding carboxylic acids is 1. The SMILES string of the molecule is CCc1ccc(CN2CCCC(CNC(=O)C3CCCN3)C2)cc1. The van der Waals surface area contributed by atoms with E-state index in [4.69, 9.17) is 0 Å². The summed E-state index contributed by atoms with van der Waals surface area (Å²) < 4.78 is 0. The van der Waals surface area contributed by atoms with Crippen molar-refractivity contribution in [2.75, 3.05) is 26.2 Å². The lowest BCUT2D eigenvalue weighted by atomic mass is 9.97. The molecule has 2 saturated heterocycles. The van der Waals surface area contributed by atoms with Crippen LogP contribution in [0.1, 0.15) is 43.7 Å². The highest BCUT2D eigenvalue weighted by Crippen LogP contribution is 2.18. The molecule has 0 spiro atoms. The zero-order valence-corrected chi connectivity index (χ0v) is 14.9. The van der Waals surface area contributed by atoms with Gasteiger partial charge in [0.2, 0.25) is 5.91 Å². The number of aryl methyl sites for hydroxylation is 1. The Morgan fingerprint density at radius 3 is 2.71 bits per heavy atom. The van der Waals surface area contributed by atoms with Crippen molar-refractivity contribution < 1.29 is 4.79 Å². The summed E-state index contributed by atoms with van der Waals surface area (Å²) in [7, 11) is 0. The van der Waals surface area contributed by atoms with Gasteiger partial charge in [0.25, 0.3) is 0 Å². The van der Waals surface area contributed by atoms with Crippen LogP contribution in [0.4, 0.5) is 0 Å². The van der Waals surface area contributed by atoms with E-state index in [0.29, 0.717) is 5.92 Å². The quantitative estimate of drug-likeness (QED) is 0.842. The summed E-state index contributed by atoms with van der Waals surface area (Å²) >= 11 is 0. The maximum absolute atomic E-state index is 12.1. The Morgan fingerprint density at radius 1 is 1.21 bits per heavy atom. The van der Waals surface area contributed by atoms with Crippen molar-refractivity contribution in [3.05, 3.63) is 35.4 Å². The molecule has 0 saturated carbocycles. The van der Waals surface area contributed by atoms with Gasteiger partial charge in [-0.05, 0) is 62.2 Å². The molecule has 132 valence electrons. The number of hydrogen-bond donors (Lipinski definition) is 2. The molecule has 2 fully saturated rings. The first kappa shape index (κ1) is 17.4. The normalized spacial score (nSPS) is 24.9. The first-order chi connectivity index (χ1) is 11.7. The summed E-state index contributed by atoms with van der Waals surface area (Å²) in [6.45, 7) is 7.28. The van der Waals surface area contributed by atoms with E-state index in [-0.39, 0.29) is 11.9 Å². The molecule has 2 aliphatic rings. The molecule has 2 unspecified atom stereocenters. The second-order valence-electron chi connectivity index (χ2n) is 7.31. The summed E-state index contributed by atoms with van der Waals surface area (Å²) in [6.07, 6.45) is 5.66. The highest BCUT2D eigenvalue weighted by Gasteiger charge is 2.24. The third kappa shape index (κ3) is 4.81. The summed E-state index contributed by atoms with van der Waals surface area (Å²) in [5.74, 6) is 0.777. The van der Waals surface area contributed by atoms with Crippen LogP contribution in [0.3, 0.4) is 0 Å². The molecular weight excluding hydrogens is 298 g/mol. The molecule has 2 heterocycles. The number of rotatable bonds is 6. The second kappa shape index (κ2) is 8.63.